The van der Waals surface area contributed by atoms with E-state index >= 15 is 0 Å². The largest absolute Gasteiger partial charge is 0.337 e. The van der Waals surface area contributed by atoms with Crippen LogP contribution in [0.5, 0.6) is 0 Å². The Hall–Kier alpha value is -3.29. The minimum atomic E-state index is -0.0927. The van der Waals surface area contributed by atoms with E-state index < -0.39 is 0 Å². The zero-order chi connectivity index (χ0) is 19.7. The monoisotopic (exact) mass is 378 g/mol. The van der Waals surface area contributed by atoms with Crippen LogP contribution in [0.1, 0.15) is 32.7 Å². The van der Waals surface area contributed by atoms with E-state index in [4.69, 9.17) is 0 Å². The van der Waals surface area contributed by atoms with Crippen molar-refractivity contribution in [1.29, 1.82) is 0 Å². The maximum Gasteiger partial charge on any atom is 0.255 e. The number of aromatic nitrogens is 4. The molecule has 8 heteroatoms. The Kier molecular flexibility index (Phi) is 4.77. The molecule has 1 aliphatic rings. The van der Waals surface area contributed by atoms with Crippen molar-refractivity contribution in [3.05, 3.63) is 53.2 Å². The Bertz CT molecular complexity index is 1040. The first-order chi connectivity index (χ1) is 13.5. The van der Waals surface area contributed by atoms with E-state index in [1.807, 2.05) is 36.1 Å². The highest BCUT2D eigenvalue weighted by Gasteiger charge is 2.24. The van der Waals surface area contributed by atoms with Crippen LogP contribution >= 0.6 is 0 Å². The van der Waals surface area contributed by atoms with Crippen molar-refractivity contribution in [2.75, 3.05) is 26.2 Å². The third kappa shape index (κ3) is 3.45. The van der Waals surface area contributed by atoms with E-state index in [0.717, 1.165) is 12.0 Å². The number of pyridine rings is 1. The first kappa shape index (κ1) is 18.1. The molecule has 0 saturated carbocycles. The maximum atomic E-state index is 12.9. The Labute approximate surface area is 162 Å². The molecule has 0 atom stereocenters. The molecule has 4 rings (SSSR count). The highest BCUT2D eigenvalue weighted by Crippen LogP contribution is 2.15. The van der Waals surface area contributed by atoms with Gasteiger partial charge in [-0.2, -0.15) is 0 Å². The van der Waals surface area contributed by atoms with Crippen molar-refractivity contribution in [2.24, 2.45) is 7.05 Å². The van der Waals surface area contributed by atoms with Gasteiger partial charge in [-0.15, -0.1) is 5.10 Å². The molecule has 1 aromatic carbocycles. The standard InChI is InChI=1S/C20H22N6O2/c1-14-5-3-6-15(11-14)19(27)25-7-4-8-26(10-9-25)20(28)16-12-17-18(21-13-16)24(2)23-22-17/h3,5-6,11-13H,4,7-10H2,1-2H3. The summed E-state index contributed by atoms with van der Waals surface area (Å²) in [6, 6.07) is 9.33. The molecule has 8 nitrogen and oxygen atoms in total. The number of hydrogen-bond acceptors (Lipinski definition) is 5. The van der Waals surface area contributed by atoms with Crippen LogP contribution in [0.2, 0.25) is 0 Å². The second kappa shape index (κ2) is 7.38. The maximum absolute atomic E-state index is 12.9. The van der Waals surface area contributed by atoms with Crippen LogP contribution in [0.15, 0.2) is 36.5 Å². The number of amides is 2. The van der Waals surface area contributed by atoms with Crippen LogP contribution in [0.25, 0.3) is 11.2 Å². The van der Waals surface area contributed by atoms with Gasteiger partial charge in [-0.3, -0.25) is 9.59 Å². The first-order valence-electron chi connectivity index (χ1n) is 9.33. The highest BCUT2D eigenvalue weighted by atomic mass is 16.2. The molecule has 144 valence electrons. The van der Waals surface area contributed by atoms with Crippen molar-refractivity contribution < 1.29 is 9.59 Å². The summed E-state index contributed by atoms with van der Waals surface area (Å²) in [6.45, 7) is 4.22. The number of benzene rings is 1. The van der Waals surface area contributed by atoms with E-state index in [9.17, 15) is 9.59 Å². The lowest BCUT2D eigenvalue weighted by Gasteiger charge is -2.22. The number of aryl methyl sites for hydroxylation is 2. The van der Waals surface area contributed by atoms with Crippen molar-refractivity contribution in [2.45, 2.75) is 13.3 Å². The van der Waals surface area contributed by atoms with Gasteiger partial charge in [0.1, 0.15) is 5.52 Å². The average molecular weight is 378 g/mol. The second-order valence-corrected chi connectivity index (χ2v) is 7.09. The van der Waals surface area contributed by atoms with Crippen LogP contribution in [0.3, 0.4) is 0 Å². The summed E-state index contributed by atoms with van der Waals surface area (Å²) in [7, 11) is 1.76. The number of hydrogen-bond donors (Lipinski definition) is 0. The molecule has 0 aliphatic carbocycles. The number of rotatable bonds is 2. The Morgan fingerprint density at radius 2 is 1.68 bits per heavy atom. The zero-order valence-electron chi connectivity index (χ0n) is 16.0. The second-order valence-electron chi connectivity index (χ2n) is 7.09. The molecule has 0 bridgehead atoms. The fourth-order valence-electron chi connectivity index (χ4n) is 3.51. The van der Waals surface area contributed by atoms with E-state index in [0.29, 0.717) is 48.5 Å². The molecule has 2 aromatic heterocycles. The third-order valence-corrected chi connectivity index (χ3v) is 5.02. The summed E-state index contributed by atoms with van der Waals surface area (Å²) in [5.41, 5.74) is 3.48. The molecule has 0 radical (unpaired) electrons. The normalized spacial score (nSPS) is 14.9. The number of fused-ring (bicyclic) bond motifs is 1. The molecule has 2 amide bonds. The van der Waals surface area contributed by atoms with Crippen LogP contribution in [0.4, 0.5) is 0 Å². The van der Waals surface area contributed by atoms with Gasteiger partial charge >= 0.3 is 0 Å². The Morgan fingerprint density at radius 3 is 2.39 bits per heavy atom. The fourth-order valence-corrected chi connectivity index (χ4v) is 3.51. The molecule has 3 heterocycles. The summed E-state index contributed by atoms with van der Waals surface area (Å²) < 4.78 is 1.57. The SMILES string of the molecule is Cc1cccc(C(=O)N2CCCN(C(=O)c3cnc4c(c3)nnn4C)CC2)c1. The fraction of sp³-hybridized carbons (Fsp3) is 0.350. The van der Waals surface area contributed by atoms with E-state index in [-0.39, 0.29) is 11.8 Å². The number of carbonyl (C=O) groups is 2. The predicted octanol–water partition coefficient (Wildman–Crippen LogP) is 1.66. The van der Waals surface area contributed by atoms with Crippen LogP contribution in [-0.4, -0.2) is 67.8 Å². The smallest absolute Gasteiger partial charge is 0.255 e. The predicted molar refractivity (Wildman–Crippen MR) is 104 cm³/mol. The molecule has 0 N–H and O–H groups in total. The van der Waals surface area contributed by atoms with Gasteiger partial charge in [-0.1, -0.05) is 22.9 Å². The molecule has 28 heavy (non-hydrogen) atoms. The zero-order valence-corrected chi connectivity index (χ0v) is 16.0. The van der Waals surface area contributed by atoms with Gasteiger partial charge in [0.15, 0.2) is 5.65 Å². The molecule has 0 unspecified atom stereocenters. The lowest BCUT2D eigenvalue weighted by molar-refractivity contribution is 0.0718. The lowest BCUT2D eigenvalue weighted by atomic mass is 10.1. The summed E-state index contributed by atoms with van der Waals surface area (Å²) in [4.78, 5) is 33.6. The van der Waals surface area contributed by atoms with Gasteiger partial charge in [0.05, 0.1) is 5.56 Å². The average Bonchev–Trinajstić information content (AvgIpc) is 2.92. The van der Waals surface area contributed by atoms with Gasteiger partial charge in [0, 0.05) is 45.0 Å². The van der Waals surface area contributed by atoms with E-state index in [2.05, 4.69) is 15.3 Å². The minimum Gasteiger partial charge on any atom is -0.337 e. The molecule has 1 saturated heterocycles. The van der Waals surface area contributed by atoms with E-state index in [1.165, 1.54) is 0 Å². The quantitative estimate of drug-likeness (QED) is 0.677. The summed E-state index contributed by atoms with van der Waals surface area (Å²) >= 11 is 0. The van der Waals surface area contributed by atoms with Crippen molar-refractivity contribution in [3.8, 4) is 0 Å². The third-order valence-electron chi connectivity index (χ3n) is 5.02. The number of nitrogens with zero attached hydrogens (tertiary/aromatic N) is 6. The number of carbonyl (C=O) groups excluding carboxylic acids is 2. The van der Waals surface area contributed by atoms with E-state index in [1.54, 1.807) is 28.9 Å². The summed E-state index contributed by atoms with van der Waals surface area (Å²) in [5.74, 6) is -0.0782. The molecular weight excluding hydrogens is 356 g/mol. The van der Waals surface area contributed by atoms with Crippen molar-refractivity contribution in [3.63, 3.8) is 0 Å². The van der Waals surface area contributed by atoms with Gasteiger partial charge < -0.3 is 9.80 Å². The lowest BCUT2D eigenvalue weighted by Crippen LogP contribution is -2.37. The summed E-state index contributed by atoms with van der Waals surface area (Å²) in [6.07, 6.45) is 2.30. The van der Waals surface area contributed by atoms with Crippen molar-refractivity contribution >= 4 is 23.0 Å². The molecular formula is C20H22N6O2. The molecule has 1 aliphatic heterocycles. The van der Waals surface area contributed by atoms with Crippen molar-refractivity contribution in [1.82, 2.24) is 29.8 Å². The van der Waals surface area contributed by atoms with Gasteiger partial charge in [0.2, 0.25) is 0 Å². The van der Waals surface area contributed by atoms with Crippen LogP contribution in [0, 0.1) is 6.92 Å². The van der Waals surface area contributed by atoms with Gasteiger partial charge in [0.25, 0.3) is 11.8 Å². The Balaban J connectivity index is 1.47. The van der Waals surface area contributed by atoms with Gasteiger partial charge in [-0.25, -0.2) is 9.67 Å². The molecule has 3 aromatic rings. The van der Waals surface area contributed by atoms with Crippen LogP contribution in [-0.2, 0) is 7.05 Å². The molecule has 0 spiro atoms. The molecule has 1 fully saturated rings. The highest BCUT2D eigenvalue weighted by molar-refractivity contribution is 5.97. The Morgan fingerprint density at radius 1 is 0.964 bits per heavy atom. The minimum absolute atomic E-state index is 0.0145. The topological polar surface area (TPSA) is 84.2 Å². The summed E-state index contributed by atoms with van der Waals surface area (Å²) in [5, 5.41) is 7.95. The van der Waals surface area contributed by atoms with Crippen LogP contribution < -0.4 is 0 Å². The van der Waals surface area contributed by atoms with Gasteiger partial charge in [-0.05, 0) is 31.5 Å². The first-order valence-corrected chi connectivity index (χ1v) is 9.33.